The average molecular weight is 286 g/mol. The monoisotopic (exact) mass is 286 g/mol. The number of hydrogen-bond donors (Lipinski definition) is 1. The number of nitrogens with zero attached hydrogens (tertiary/aromatic N) is 2. The fourth-order valence-corrected chi connectivity index (χ4v) is 2.58. The van der Waals surface area contributed by atoms with Crippen molar-refractivity contribution in [2.75, 3.05) is 0 Å². The summed E-state index contributed by atoms with van der Waals surface area (Å²) in [4.78, 5) is 11.2. The highest BCUT2D eigenvalue weighted by molar-refractivity contribution is 5.85. The highest BCUT2D eigenvalue weighted by Crippen LogP contribution is 2.26. The minimum absolute atomic E-state index is 0.108. The summed E-state index contributed by atoms with van der Waals surface area (Å²) in [6, 6.07) is 9.84. The predicted molar refractivity (Wildman–Crippen MR) is 83.2 cm³/mol. The Bertz CT molecular complexity index is 610. The third kappa shape index (κ3) is 3.15. The lowest BCUT2D eigenvalue weighted by Gasteiger charge is -2.15. The summed E-state index contributed by atoms with van der Waals surface area (Å²) in [6.07, 6.45) is 2.92. The van der Waals surface area contributed by atoms with Crippen molar-refractivity contribution in [2.24, 2.45) is 0 Å². The van der Waals surface area contributed by atoms with Gasteiger partial charge in [-0.15, -0.1) is 0 Å². The van der Waals surface area contributed by atoms with Gasteiger partial charge in [-0.2, -0.15) is 5.10 Å². The van der Waals surface area contributed by atoms with E-state index >= 15 is 0 Å². The van der Waals surface area contributed by atoms with Gasteiger partial charge in [-0.25, -0.2) is 9.48 Å². The molecule has 4 heteroatoms. The van der Waals surface area contributed by atoms with Crippen LogP contribution in [0.15, 0.2) is 30.3 Å². The van der Waals surface area contributed by atoms with Crippen LogP contribution >= 0.6 is 0 Å². The first kappa shape index (κ1) is 15.3. The first-order chi connectivity index (χ1) is 10.1. The first-order valence-corrected chi connectivity index (χ1v) is 7.53. The van der Waals surface area contributed by atoms with E-state index in [1.54, 1.807) is 10.7 Å². The molecule has 0 atom stereocenters. The van der Waals surface area contributed by atoms with Gasteiger partial charge < -0.3 is 5.11 Å². The predicted octanol–water partition coefficient (Wildman–Crippen LogP) is 4.04. The van der Waals surface area contributed by atoms with Crippen molar-refractivity contribution >= 4 is 5.97 Å². The molecular weight excluding hydrogens is 264 g/mol. The van der Waals surface area contributed by atoms with Gasteiger partial charge >= 0.3 is 5.97 Å². The van der Waals surface area contributed by atoms with Crippen LogP contribution in [0, 0.1) is 0 Å². The van der Waals surface area contributed by atoms with E-state index in [0.29, 0.717) is 5.92 Å². The molecule has 4 nitrogen and oxygen atoms in total. The number of carboxylic acid groups (broad SMARTS) is 1. The van der Waals surface area contributed by atoms with E-state index in [0.717, 1.165) is 30.6 Å². The van der Waals surface area contributed by atoms with Gasteiger partial charge in [0.25, 0.3) is 0 Å². The lowest BCUT2D eigenvalue weighted by Crippen LogP contribution is -2.07. The smallest absolute Gasteiger partial charge is 0.356 e. The molecule has 0 unspecified atom stereocenters. The van der Waals surface area contributed by atoms with Crippen molar-refractivity contribution in [1.82, 2.24) is 9.78 Å². The Labute approximate surface area is 125 Å². The van der Waals surface area contributed by atoms with E-state index in [1.165, 1.54) is 5.56 Å². The van der Waals surface area contributed by atoms with Crippen molar-refractivity contribution in [3.8, 4) is 5.69 Å². The molecule has 2 aromatic rings. The molecule has 1 aromatic heterocycles. The number of hydrogen-bond acceptors (Lipinski definition) is 2. The standard InChI is InChI=1S/C17H22N2O2/c1-4-12-7-9-14(10-8-12)19-16(13(5-2)6-3)11-15(18-19)17(20)21/h7-11,13H,4-6H2,1-3H3,(H,20,21). The maximum Gasteiger partial charge on any atom is 0.356 e. The summed E-state index contributed by atoms with van der Waals surface area (Å²) >= 11 is 0. The van der Waals surface area contributed by atoms with Crippen molar-refractivity contribution in [3.05, 3.63) is 47.3 Å². The molecule has 1 aromatic carbocycles. The molecule has 0 aliphatic rings. The zero-order valence-corrected chi connectivity index (χ0v) is 12.8. The Morgan fingerprint density at radius 1 is 1.19 bits per heavy atom. The van der Waals surface area contributed by atoms with E-state index < -0.39 is 5.97 Å². The van der Waals surface area contributed by atoms with E-state index in [2.05, 4.69) is 38.0 Å². The van der Waals surface area contributed by atoms with E-state index in [1.807, 2.05) is 12.1 Å². The van der Waals surface area contributed by atoms with Crippen LogP contribution in [0.1, 0.15) is 61.3 Å². The Morgan fingerprint density at radius 2 is 1.81 bits per heavy atom. The normalized spacial score (nSPS) is 11.0. The van der Waals surface area contributed by atoms with E-state index in [9.17, 15) is 9.90 Å². The largest absolute Gasteiger partial charge is 0.476 e. The van der Waals surface area contributed by atoms with Crippen LogP contribution in [0.5, 0.6) is 0 Å². The van der Waals surface area contributed by atoms with E-state index in [-0.39, 0.29) is 5.69 Å². The molecule has 2 rings (SSSR count). The van der Waals surface area contributed by atoms with Crippen LogP contribution in [-0.2, 0) is 6.42 Å². The molecule has 0 saturated carbocycles. The number of aryl methyl sites for hydroxylation is 1. The number of aromatic carboxylic acids is 1. The number of aromatic nitrogens is 2. The molecule has 0 saturated heterocycles. The maximum atomic E-state index is 11.2. The Hall–Kier alpha value is -2.10. The lowest BCUT2D eigenvalue weighted by atomic mass is 9.99. The molecule has 0 aliphatic heterocycles. The van der Waals surface area contributed by atoms with Crippen molar-refractivity contribution in [1.29, 1.82) is 0 Å². The summed E-state index contributed by atoms with van der Waals surface area (Å²) < 4.78 is 1.78. The molecule has 21 heavy (non-hydrogen) atoms. The number of rotatable bonds is 6. The summed E-state index contributed by atoms with van der Waals surface area (Å²) in [5.41, 5.74) is 3.26. The second-order valence-electron chi connectivity index (χ2n) is 5.20. The topological polar surface area (TPSA) is 55.1 Å². The molecule has 1 heterocycles. The number of carboxylic acids is 1. The van der Waals surface area contributed by atoms with Gasteiger partial charge in [0, 0.05) is 11.6 Å². The van der Waals surface area contributed by atoms with Gasteiger partial charge in [0.05, 0.1) is 5.69 Å². The van der Waals surface area contributed by atoms with Gasteiger partial charge in [-0.05, 0) is 43.0 Å². The quantitative estimate of drug-likeness (QED) is 0.872. The van der Waals surface area contributed by atoms with Crippen LogP contribution in [0.3, 0.4) is 0 Å². The molecule has 112 valence electrons. The third-order valence-electron chi connectivity index (χ3n) is 3.95. The Morgan fingerprint density at radius 3 is 2.29 bits per heavy atom. The Balaban J connectivity index is 2.51. The zero-order valence-electron chi connectivity index (χ0n) is 12.8. The second kappa shape index (κ2) is 6.57. The SMILES string of the molecule is CCc1ccc(-n2nc(C(=O)O)cc2C(CC)CC)cc1. The molecular formula is C17H22N2O2. The van der Waals surface area contributed by atoms with Crippen LogP contribution in [0.25, 0.3) is 5.69 Å². The van der Waals surface area contributed by atoms with Gasteiger partial charge in [0.1, 0.15) is 0 Å². The summed E-state index contributed by atoms with van der Waals surface area (Å²) in [5, 5.41) is 13.5. The minimum atomic E-state index is -0.980. The molecule has 0 radical (unpaired) electrons. The number of benzene rings is 1. The van der Waals surface area contributed by atoms with Crippen molar-refractivity contribution in [2.45, 2.75) is 46.0 Å². The van der Waals surface area contributed by atoms with Crippen LogP contribution < -0.4 is 0 Å². The minimum Gasteiger partial charge on any atom is -0.476 e. The summed E-state index contributed by atoms with van der Waals surface area (Å²) in [6.45, 7) is 6.35. The molecule has 0 spiro atoms. The lowest BCUT2D eigenvalue weighted by molar-refractivity contribution is 0.0690. The van der Waals surface area contributed by atoms with E-state index in [4.69, 9.17) is 0 Å². The highest BCUT2D eigenvalue weighted by atomic mass is 16.4. The first-order valence-electron chi connectivity index (χ1n) is 7.53. The van der Waals surface area contributed by atoms with Crippen LogP contribution in [0.2, 0.25) is 0 Å². The fourth-order valence-electron chi connectivity index (χ4n) is 2.58. The van der Waals surface area contributed by atoms with Gasteiger partial charge in [-0.3, -0.25) is 0 Å². The maximum absolute atomic E-state index is 11.2. The highest BCUT2D eigenvalue weighted by Gasteiger charge is 2.19. The summed E-state index contributed by atoms with van der Waals surface area (Å²) in [5.74, 6) is -0.664. The van der Waals surface area contributed by atoms with Gasteiger partial charge in [0.2, 0.25) is 0 Å². The third-order valence-corrected chi connectivity index (χ3v) is 3.95. The fraction of sp³-hybridized carbons (Fsp3) is 0.412. The average Bonchev–Trinajstić information content (AvgIpc) is 2.94. The molecule has 0 aliphatic carbocycles. The molecule has 1 N–H and O–H groups in total. The summed E-state index contributed by atoms with van der Waals surface area (Å²) in [7, 11) is 0. The molecule has 0 bridgehead atoms. The van der Waals surface area contributed by atoms with Crippen LogP contribution in [-0.4, -0.2) is 20.9 Å². The zero-order chi connectivity index (χ0) is 15.4. The van der Waals surface area contributed by atoms with Crippen molar-refractivity contribution < 1.29 is 9.90 Å². The Kier molecular flexibility index (Phi) is 4.78. The van der Waals surface area contributed by atoms with Crippen LogP contribution in [0.4, 0.5) is 0 Å². The molecule has 0 fully saturated rings. The number of carbonyl (C=O) groups is 1. The van der Waals surface area contributed by atoms with Gasteiger partial charge in [0.15, 0.2) is 5.69 Å². The van der Waals surface area contributed by atoms with Crippen molar-refractivity contribution in [3.63, 3.8) is 0 Å². The second-order valence-corrected chi connectivity index (χ2v) is 5.20. The van der Waals surface area contributed by atoms with Gasteiger partial charge in [-0.1, -0.05) is 32.9 Å². The molecule has 0 amide bonds.